The highest BCUT2D eigenvalue weighted by Crippen LogP contribution is 2.44. The molecule has 2 aromatic rings. The van der Waals surface area contributed by atoms with Crippen molar-refractivity contribution < 1.29 is 13.2 Å². The molecule has 2 N–H and O–H groups in total. The first kappa shape index (κ1) is 21.8. The summed E-state index contributed by atoms with van der Waals surface area (Å²) in [6, 6.07) is 7.34. The van der Waals surface area contributed by atoms with Gasteiger partial charge in [0.05, 0.1) is 23.7 Å². The summed E-state index contributed by atoms with van der Waals surface area (Å²) in [4.78, 5) is 21.0. The van der Waals surface area contributed by atoms with E-state index in [4.69, 9.17) is 11.6 Å². The van der Waals surface area contributed by atoms with E-state index in [0.29, 0.717) is 29.6 Å². The number of benzene rings is 1. The number of aromatic nitrogens is 2. The van der Waals surface area contributed by atoms with Crippen LogP contribution in [0.4, 0.5) is 5.82 Å². The average molecular weight is 461 g/mol. The van der Waals surface area contributed by atoms with E-state index in [1.807, 2.05) is 24.3 Å². The molecule has 0 unspecified atom stereocenters. The Hall–Kier alpha value is -2.45. The second kappa shape index (κ2) is 8.96. The number of hydrogen-bond acceptors (Lipinski definition) is 6. The molecule has 31 heavy (non-hydrogen) atoms. The smallest absolute Gasteiger partial charge is 0.271 e. The summed E-state index contributed by atoms with van der Waals surface area (Å²) < 4.78 is 23.8. The molecule has 7 nitrogen and oxygen atoms in total. The minimum Gasteiger partial charge on any atom is -0.362 e. The third-order valence-electron chi connectivity index (χ3n) is 5.43. The van der Waals surface area contributed by atoms with Gasteiger partial charge in [0.25, 0.3) is 5.91 Å². The predicted molar refractivity (Wildman–Crippen MR) is 121 cm³/mol. The first-order valence-electron chi connectivity index (χ1n) is 10.4. The molecule has 2 aliphatic carbocycles. The molecule has 0 radical (unpaired) electrons. The normalized spacial score (nSPS) is 18.5. The van der Waals surface area contributed by atoms with Crippen LogP contribution in [0.3, 0.4) is 0 Å². The highest BCUT2D eigenvalue weighted by atomic mass is 35.5. The molecule has 2 fully saturated rings. The number of sulfone groups is 1. The summed E-state index contributed by atoms with van der Waals surface area (Å²) in [5.74, 6) is 0.644. The molecule has 0 spiro atoms. The van der Waals surface area contributed by atoms with Crippen molar-refractivity contribution in [3.05, 3.63) is 64.4 Å². The van der Waals surface area contributed by atoms with Gasteiger partial charge in [0.2, 0.25) is 0 Å². The maximum absolute atomic E-state index is 12.4. The fourth-order valence-corrected chi connectivity index (χ4v) is 5.07. The van der Waals surface area contributed by atoms with Crippen LogP contribution in [0, 0.1) is 5.92 Å². The number of amides is 1. The Kier molecular flexibility index (Phi) is 6.29. The molecule has 1 aromatic carbocycles. The highest BCUT2D eigenvalue weighted by Gasteiger charge is 2.34. The number of anilines is 1. The van der Waals surface area contributed by atoms with Gasteiger partial charge in [0, 0.05) is 16.5 Å². The van der Waals surface area contributed by atoms with E-state index >= 15 is 0 Å². The Morgan fingerprint density at radius 2 is 1.90 bits per heavy atom. The first-order valence-corrected chi connectivity index (χ1v) is 12.4. The number of hydrogen-bond donors (Lipinski definition) is 2. The summed E-state index contributed by atoms with van der Waals surface area (Å²) in [6.07, 6.45) is 8.09. The second-order valence-corrected chi connectivity index (χ2v) is 10.7. The van der Waals surface area contributed by atoms with Crippen molar-refractivity contribution in [1.29, 1.82) is 0 Å². The fourth-order valence-electron chi connectivity index (χ4n) is 3.35. The number of halogens is 1. The van der Waals surface area contributed by atoms with Crippen LogP contribution in [0.15, 0.2) is 48.1 Å². The fraction of sp³-hybridized carbons (Fsp3) is 0.409. The van der Waals surface area contributed by atoms with Crippen LogP contribution in [-0.2, 0) is 9.84 Å². The summed E-state index contributed by atoms with van der Waals surface area (Å²) in [6.45, 7) is 1.71. The molecular weight excluding hydrogens is 436 g/mol. The number of carbonyl (C=O) groups excluding carboxylic acids is 1. The minimum absolute atomic E-state index is 0.0428. The summed E-state index contributed by atoms with van der Waals surface area (Å²) in [5.41, 5.74) is 1.19. The van der Waals surface area contributed by atoms with Gasteiger partial charge in [-0.1, -0.05) is 35.9 Å². The molecule has 0 saturated heterocycles. The lowest BCUT2D eigenvalue weighted by molar-refractivity contribution is 0.0941. The van der Waals surface area contributed by atoms with Crippen molar-refractivity contribution in [3.8, 4) is 0 Å². The van der Waals surface area contributed by atoms with Crippen molar-refractivity contribution >= 4 is 33.2 Å². The van der Waals surface area contributed by atoms with Crippen LogP contribution in [0.5, 0.6) is 0 Å². The van der Waals surface area contributed by atoms with E-state index in [2.05, 4.69) is 20.6 Å². The van der Waals surface area contributed by atoms with Crippen LogP contribution in [0.1, 0.15) is 54.7 Å². The Bertz CT molecular complexity index is 1080. The van der Waals surface area contributed by atoms with Crippen molar-refractivity contribution in [3.63, 3.8) is 0 Å². The van der Waals surface area contributed by atoms with Gasteiger partial charge in [0.1, 0.15) is 11.5 Å². The van der Waals surface area contributed by atoms with Gasteiger partial charge in [-0.3, -0.25) is 4.79 Å². The van der Waals surface area contributed by atoms with Crippen LogP contribution < -0.4 is 10.6 Å². The molecule has 4 rings (SSSR count). The third kappa shape index (κ3) is 5.62. The first-order chi connectivity index (χ1) is 14.8. The Morgan fingerprint density at radius 1 is 1.16 bits per heavy atom. The molecule has 9 heteroatoms. The maximum atomic E-state index is 12.4. The molecule has 1 amide bonds. The Morgan fingerprint density at radius 3 is 2.52 bits per heavy atom. The lowest BCUT2D eigenvalue weighted by Crippen LogP contribution is -2.32. The zero-order valence-corrected chi connectivity index (χ0v) is 18.7. The zero-order chi connectivity index (χ0) is 22.0. The maximum Gasteiger partial charge on any atom is 0.271 e. The molecule has 1 heterocycles. The van der Waals surface area contributed by atoms with Gasteiger partial charge >= 0.3 is 0 Å². The van der Waals surface area contributed by atoms with Gasteiger partial charge in [-0.2, -0.15) is 0 Å². The van der Waals surface area contributed by atoms with Gasteiger partial charge in [-0.05, 0) is 50.2 Å². The highest BCUT2D eigenvalue weighted by molar-refractivity contribution is 7.95. The monoisotopic (exact) mass is 460 g/mol. The molecule has 2 saturated carbocycles. The zero-order valence-electron chi connectivity index (χ0n) is 17.2. The molecule has 0 bridgehead atoms. The molecule has 164 valence electrons. The summed E-state index contributed by atoms with van der Waals surface area (Å²) >= 11 is 6.37. The largest absolute Gasteiger partial charge is 0.362 e. The van der Waals surface area contributed by atoms with Crippen LogP contribution in [-0.4, -0.2) is 35.6 Å². The quantitative estimate of drug-likeness (QED) is 0.588. The molecule has 2 aliphatic rings. The van der Waals surface area contributed by atoms with E-state index in [1.165, 1.54) is 23.9 Å². The van der Waals surface area contributed by atoms with Crippen molar-refractivity contribution in [2.45, 2.75) is 49.9 Å². The third-order valence-corrected chi connectivity index (χ3v) is 7.71. The minimum atomic E-state index is -3.21. The number of rotatable bonds is 9. The summed E-state index contributed by atoms with van der Waals surface area (Å²) in [7, 11) is -3.21. The van der Waals surface area contributed by atoms with E-state index in [9.17, 15) is 13.2 Å². The van der Waals surface area contributed by atoms with Crippen LogP contribution in [0.25, 0.3) is 0 Å². The molecular formula is C22H25ClN4O3S. The standard InChI is InChI=1S/C22H25ClN4O3S/c1-14(10-11-31(29,30)16-8-9-16)26-22(28)19-12-25-20(13-24-19)27-21(15-6-7-15)17-4-2-3-5-18(17)23/h2-5,10-16,21H,6-9H2,1H3,(H,25,27)(H,26,28)/b11-10+/t14-,21+/m1/s1. The van der Waals surface area contributed by atoms with Gasteiger partial charge < -0.3 is 10.6 Å². The Balaban J connectivity index is 1.37. The topological polar surface area (TPSA) is 101 Å². The van der Waals surface area contributed by atoms with Crippen LogP contribution in [0.2, 0.25) is 5.02 Å². The van der Waals surface area contributed by atoms with Gasteiger partial charge in [-0.15, -0.1) is 0 Å². The SMILES string of the molecule is C[C@H](/C=C/S(=O)(=O)C1CC1)NC(=O)c1cnc(N[C@H](c2ccccc2Cl)C2CC2)cn1. The van der Waals surface area contributed by atoms with E-state index < -0.39 is 21.8 Å². The molecule has 2 atom stereocenters. The van der Waals surface area contributed by atoms with Crippen molar-refractivity contribution in [2.75, 3.05) is 5.32 Å². The van der Waals surface area contributed by atoms with E-state index in [-0.39, 0.29) is 17.0 Å². The van der Waals surface area contributed by atoms with Crippen molar-refractivity contribution in [1.82, 2.24) is 15.3 Å². The second-order valence-electron chi connectivity index (χ2n) is 8.15. The van der Waals surface area contributed by atoms with Gasteiger partial charge in [-0.25, -0.2) is 18.4 Å². The molecule has 0 aliphatic heterocycles. The average Bonchev–Trinajstić information content (AvgIpc) is 3.64. The number of carbonyl (C=O) groups is 1. The van der Waals surface area contributed by atoms with E-state index in [1.54, 1.807) is 6.92 Å². The molecule has 1 aromatic heterocycles. The number of nitrogens with one attached hydrogen (secondary N) is 2. The lowest BCUT2D eigenvalue weighted by Gasteiger charge is -2.20. The van der Waals surface area contributed by atoms with Crippen LogP contribution >= 0.6 is 11.6 Å². The number of nitrogens with zero attached hydrogens (tertiary/aromatic N) is 2. The van der Waals surface area contributed by atoms with Gasteiger partial charge in [0.15, 0.2) is 9.84 Å². The van der Waals surface area contributed by atoms with Crippen molar-refractivity contribution in [2.24, 2.45) is 5.92 Å². The predicted octanol–water partition coefficient (Wildman–Crippen LogP) is 3.90. The summed E-state index contributed by atoms with van der Waals surface area (Å²) in [5, 5.41) is 7.75. The Labute approximate surface area is 187 Å². The van der Waals surface area contributed by atoms with E-state index in [0.717, 1.165) is 18.4 Å². The lowest BCUT2D eigenvalue weighted by atomic mass is 10.0.